The Morgan fingerprint density at radius 2 is 0.754 bits per heavy atom. The molecule has 8 nitrogen and oxygen atoms in total. The summed E-state index contributed by atoms with van der Waals surface area (Å²) in [5.41, 5.74) is 1.30. The Balaban J connectivity index is 1.42. The molecule has 0 saturated carbocycles. The molecule has 8 aromatic rings. The number of benzene rings is 8. The van der Waals surface area contributed by atoms with Crippen LogP contribution < -0.4 is 28.4 Å². The van der Waals surface area contributed by atoms with Gasteiger partial charge in [-0.15, -0.1) is 0 Å². The van der Waals surface area contributed by atoms with Crippen molar-refractivity contribution in [3.63, 3.8) is 0 Å². The van der Waals surface area contributed by atoms with Gasteiger partial charge in [0.05, 0.1) is 26.9 Å². The fourth-order valence-electron chi connectivity index (χ4n) is 6.78. The highest BCUT2D eigenvalue weighted by Crippen LogP contribution is 2.70. The van der Waals surface area contributed by atoms with Crippen molar-refractivity contribution in [2.45, 2.75) is 14.7 Å². The Labute approximate surface area is 357 Å². The Morgan fingerprint density at radius 1 is 0.393 bits per heavy atom. The SMILES string of the molecule is COc1ccc(S(OC(=O)c2cc(Oc3ccccc3)c(Oc3ccccc3)c(Oc3ccccc3)c2-c2ccccc2)(c2ccc(OC)cc2)c2ccc(OC)cc2)cc1. The lowest BCUT2D eigenvalue weighted by atomic mass is 9.97. The van der Waals surface area contributed by atoms with E-state index in [1.165, 1.54) is 0 Å². The van der Waals surface area contributed by atoms with Gasteiger partial charge in [0, 0.05) is 26.3 Å². The molecule has 0 aromatic heterocycles. The van der Waals surface area contributed by atoms with E-state index in [0.29, 0.717) is 45.6 Å². The van der Waals surface area contributed by atoms with E-state index >= 15 is 4.79 Å². The summed E-state index contributed by atoms with van der Waals surface area (Å²) in [6.07, 6.45) is 0. The summed E-state index contributed by atoms with van der Waals surface area (Å²) in [7, 11) is 1.96. The van der Waals surface area contributed by atoms with E-state index in [1.54, 1.807) is 27.4 Å². The Kier molecular flexibility index (Phi) is 12.2. The second-order valence-corrected chi connectivity index (χ2v) is 16.2. The summed E-state index contributed by atoms with van der Waals surface area (Å²) >= 11 is 0. The van der Waals surface area contributed by atoms with Crippen molar-refractivity contribution in [3.05, 3.63) is 206 Å². The zero-order valence-electron chi connectivity index (χ0n) is 33.7. The van der Waals surface area contributed by atoms with Crippen molar-refractivity contribution in [1.82, 2.24) is 0 Å². The fraction of sp³-hybridized carbons (Fsp3) is 0.0577. The van der Waals surface area contributed by atoms with Gasteiger partial charge in [0.15, 0.2) is 11.5 Å². The third kappa shape index (κ3) is 8.73. The lowest BCUT2D eigenvalue weighted by Gasteiger charge is -2.40. The van der Waals surface area contributed by atoms with Crippen LogP contribution in [0.4, 0.5) is 0 Å². The molecule has 8 rings (SSSR count). The smallest absolute Gasteiger partial charge is 0.350 e. The Hall–Kier alpha value is -7.62. The van der Waals surface area contributed by atoms with Gasteiger partial charge in [-0.3, -0.25) is 0 Å². The summed E-state index contributed by atoms with van der Waals surface area (Å²) in [5.74, 6) is 3.63. The number of carbonyl (C=O) groups is 1. The van der Waals surface area contributed by atoms with Crippen molar-refractivity contribution >= 4 is 16.3 Å². The van der Waals surface area contributed by atoms with Crippen molar-refractivity contribution in [1.29, 1.82) is 0 Å². The molecular weight excluding hydrogens is 785 g/mol. The third-order valence-electron chi connectivity index (χ3n) is 9.76. The molecule has 8 aromatic carbocycles. The molecule has 0 aliphatic heterocycles. The maximum atomic E-state index is 15.8. The molecule has 0 fully saturated rings. The molecule has 61 heavy (non-hydrogen) atoms. The van der Waals surface area contributed by atoms with Gasteiger partial charge in [-0.25, -0.2) is 4.79 Å². The van der Waals surface area contributed by atoms with E-state index in [0.717, 1.165) is 14.7 Å². The predicted octanol–water partition coefficient (Wildman–Crippen LogP) is 13.8. The van der Waals surface area contributed by atoms with E-state index < -0.39 is 16.3 Å². The molecule has 0 aliphatic rings. The highest BCUT2D eigenvalue weighted by Gasteiger charge is 2.38. The van der Waals surface area contributed by atoms with Gasteiger partial charge in [-0.2, -0.15) is 0 Å². The Morgan fingerprint density at radius 3 is 1.15 bits per heavy atom. The van der Waals surface area contributed by atoms with E-state index in [2.05, 4.69) is 0 Å². The first kappa shape index (κ1) is 40.2. The highest BCUT2D eigenvalue weighted by molar-refractivity contribution is 8.30. The van der Waals surface area contributed by atoms with Gasteiger partial charge in [-0.1, -0.05) is 84.9 Å². The van der Waals surface area contributed by atoms with Gasteiger partial charge in [0.25, 0.3) is 0 Å². The third-order valence-corrected chi connectivity index (χ3v) is 13.0. The lowest BCUT2D eigenvalue weighted by Crippen LogP contribution is -2.15. The van der Waals surface area contributed by atoms with Gasteiger partial charge < -0.3 is 32.6 Å². The molecule has 0 spiro atoms. The molecule has 0 bridgehead atoms. The van der Waals surface area contributed by atoms with Crippen LogP contribution in [-0.2, 0) is 4.18 Å². The molecule has 0 aliphatic carbocycles. The van der Waals surface area contributed by atoms with E-state index in [9.17, 15) is 0 Å². The average Bonchev–Trinajstić information content (AvgIpc) is 3.33. The molecule has 0 atom stereocenters. The number of para-hydroxylation sites is 3. The second-order valence-electron chi connectivity index (χ2n) is 13.5. The summed E-state index contributed by atoms with van der Waals surface area (Å²) in [5, 5.41) is 0. The van der Waals surface area contributed by atoms with Crippen LogP contribution in [0.2, 0.25) is 0 Å². The second kappa shape index (κ2) is 18.5. The maximum absolute atomic E-state index is 15.8. The van der Waals surface area contributed by atoms with Gasteiger partial charge in [-0.05, 0) is 125 Å². The van der Waals surface area contributed by atoms with Crippen LogP contribution in [0.3, 0.4) is 0 Å². The monoisotopic (exact) mass is 826 g/mol. The molecule has 304 valence electrons. The predicted molar refractivity (Wildman–Crippen MR) is 238 cm³/mol. The Bertz CT molecular complexity index is 2560. The van der Waals surface area contributed by atoms with E-state index in [1.807, 2.05) is 194 Å². The van der Waals surface area contributed by atoms with Crippen molar-refractivity contribution in [3.8, 4) is 62.9 Å². The van der Waals surface area contributed by atoms with Gasteiger partial charge in [0.2, 0.25) is 5.75 Å². The number of hydrogen-bond donors (Lipinski definition) is 0. The average molecular weight is 827 g/mol. The molecule has 0 unspecified atom stereocenters. The van der Waals surface area contributed by atoms with Gasteiger partial charge >= 0.3 is 5.97 Å². The largest absolute Gasteiger partial charge is 0.497 e. The first-order valence-electron chi connectivity index (χ1n) is 19.4. The van der Waals surface area contributed by atoms with Crippen LogP contribution in [0.5, 0.6) is 51.7 Å². The number of rotatable bonds is 15. The van der Waals surface area contributed by atoms with Crippen LogP contribution in [-0.4, -0.2) is 27.3 Å². The van der Waals surface area contributed by atoms with E-state index in [4.69, 9.17) is 32.6 Å². The van der Waals surface area contributed by atoms with Gasteiger partial charge in [0.1, 0.15) is 34.5 Å². The number of carbonyl (C=O) groups excluding carboxylic acids is 1. The summed E-state index contributed by atoms with van der Waals surface area (Å²) < 4.78 is 44.2. The molecular formula is C52H42O8S. The normalized spacial score (nSPS) is 11.2. The number of hydrogen-bond acceptors (Lipinski definition) is 8. The topological polar surface area (TPSA) is 81.7 Å². The summed E-state index contributed by atoms with van der Waals surface area (Å²) in [6.45, 7) is 0. The van der Waals surface area contributed by atoms with Crippen molar-refractivity contribution in [2.75, 3.05) is 21.3 Å². The lowest BCUT2D eigenvalue weighted by molar-refractivity contribution is 0.0757. The maximum Gasteiger partial charge on any atom is 0.350 e. The molecule has 0 radical (unpaired) electrons. The van der Waals surface area contributed by atoms with Crippen LogP contribution >= 0.6 is 10.3 Å². The minimum atomic E-state index is -2.89. The first-order chi connectivity index (χ1) is 30.0. The zero-order valence-corrected chi connectivity index (χ0v) is 34.5. The summed E-state index contributed by atoms with van der Waals surface area (Å²) in [4.78, 5) is 18.0. The van der Waals surface area contributed by atoms with Crippen LogP contribution in [0, 0.1) is 0 Å². The first-order valence-corrected chi connectivity index (χ1v) is 21.0. The fourth-order valence-corrected chi connectivity index (χ4v) is 9.76. The molecule has 0 N–H and O–H groups in total. The minimum absolute atomic E-state index is 0.177. The van der Waals surface area contributed by atoms with E-state index in [-0.39, 0.29) is 22.8 Å². The zero-order chi connectivity index (χ0) is 42.0. The van der Waals surface area contributed by atoms with Crippen molar-refractivity contribution in [2.24, 2.45) is 0 Å². The molecule has 9 heteroatoms. The molecule has 0 amide bonds. The standard InChI is InChI=1S/C52H42O8S/c1-54-38-24-30-44(31-25-38)61(45-32-26-39(55-2)27-33-45,46-34-28-40(56-3)29-35-46)60-52(53)47-36-48(57-41-18-10-5-11-19-41)50(58-42-20-12-6-13-21-42)51(59-43-22-14-7-15-23-43)49(47)37-16-8-4-9-17-37/h4-36H,1-3H3. The minimum Gasteiger partial charge on any atom is -0.497 e. The summed E-state index contributed by atoms with van der Waals surface area (Å²) in [6, 6.07) is 62.0. The number of ether oxygens (including phenoxy) is 6. The van der Waals surface area contributed by atoms with Crippen LogP contribution in [0.1, 0.15) is 10.4 Å². The molecule has 0 saturated heterocycles. The van der Waals surface area contributed by atoms with Crippen LogP contribution in [0.25, 0.3) is 11.1 Å². The van der Waals surface area contributed by atoms with Crippen LogP contribution in [0.15, 0.2) is 215 Å². The quantitative estimate of drug-likeness (QED) is 0.101. The molecule has 0 heterocycles. The number of methoxy groups -OCH3 is 3. The highest BCUT2D eigenvalue weighted by atomic mass is 32.3. The van der Waals surface area contributed by atoms with Crippen molar-refractivity contribution < 1.29 is 37.4 Å².